The zero-order valence-corrected chi connectivity index (χ0v) is 17.2. The number of carbonyl (C=O) groups excluding carboxylic acids is 2. The molecule has 1 aliphatic carbocycles. The van der Waals surface area contributed by atoms with Gasteiger partial charge >= 0.3 is 6.18 Å². The number of carbonyl (C=O) groups is 2. The molecular formula is C20H18F8N4O2. The van der Waals surface area contributed by atoms with E-state index in [9.17, 15) is 44.7 Å². The zero-order valence-electron chi connectivity index (χ0n) is 17.2. The van der Waals surface area contributed by atoms with E-state index in [1.165, 1.54) is 0 Å². The number of primary amides is 1. The monoisotopic (exact) mass is 498 g/mol. The van der Waals surface area contributed by atoms with E-state index in [-0.39, 0.29) is 18.5 Å². The number of nitrogens with two attached hydrogens (primary N) is 1. The van der Waals surface area contributed by atoms with E-state index in [2.05, 4.69) is 5.10 Å². The first kappa shape index (κ1) is 25.4. The van der Waals surface area contributed by atoms with Crippen molar-refractivity contribution >= 4 is 17.5 Å². The third kappa shape index (κ3) is 5.47. The van der Waals surface area contributed by atoms with Gasteiger partial charge in [0.15, 0.2) is 0 Å². The van der Waals surface area contributed by atoms with E-state index < -0.39 is 84.0 Å². The molecule has 1 fully saturated rings. The molecule has 186 valence electrons. The summed E-state index contributed by atoms with van der Waals surface area (Å²) in [5.74, 6) is -7.36. The van der Waals surface area contributed by atoms with Crippen molar-refractivity contribution in [2.24, 2.45) is 11.7 Å². The third-order valence-corrected chi connectivity index (χ3v) is 5.44. The van der Waals surface area contributed by atoms with Gasteiger partial charge in [-0.2, -0.15) is 18.3 Å². The van der Waals surface area contributed by atoms with Crippen LogP contribution < -0.4 is 11.1 Å². The molecule has 0 saturated heterocycles. The molecule has 1 aromatic carbocycles. The van der Waals surface area contributed by atoms with Crippen LogP contribution in [0.5, 0.6) is 0 Å². The molecule has 3 N–H and O–H groups in total. The van der Waals surface area contributed by atoms with Crippen LogP contribution in [0.15, 0.2) is 18.2 Å². The van der Waals surface area contributed by atoms with E-state index in [1.807, 2.05) is 5.32 Å². The van der Waals surface area contributed by atoms with Crippen molar-refractivity contribution in [2.75, 3.05) is 5.32 Å². The summed E-state index contributed by atoms with van der Waals surface area (Å²) in [6.07, 6.45) is -10.4. The van der Waals surface area contributed by atoms with Gasteiger partial charge in [0.2, 0.25) is 5.92 Å². The van der Waals surface area contributed by atoms with Crippen molar-refractivity contribution in [3.05, 3.63) is 46.5 Å². The van der Waals surface area contributed by atoms with Gasteiger partial charge in [-0.1, -0.05) is 0 Å². The summed E-state index contributed by atoms with van der Waals surface area (Å²) in [5, 5.41) is 5.29. The molecule has 1 saturated carbocycles. The number of benzene rings is 1. The van der Waals surface area contributed by atoms with Gasteiger partial charge in [0.25, 0.3) is 18.2 Å². The fourth-order valence-electron chi connectivity index (χ4n) is 3.78. The van der Waals surface area contributed by atoms with Crippen molar-refractivity contribution in [3.63, 3.8) is 0 Å². The number of anilines is 1. The van der Waals surface area contributed by atoms with Crippen LogP contribution in [0.25, 0.3) is 0 Å². The summed E-state index contributed by atoms with van der Waals surface area (Å²) >= 11 is 0. The first-order valence-corrected chi connectivity index (χ1v) is 9.94. The summed E-state index contributed by atoms with van der Waals surface area (Å²) in [5.41, 5.74) is -0.922. The highest BCUT2D eigenvalue weighted by Gasteiger charge is 2.45. The maximum Gasteiger partial charge on any atom is 0.420 e. The summed E-state index contributed by atoms with van der Waals surface area (Å²) in [6, 6.07) is 2.41. The first-order valence-electron chi connectivity index (χ1n) is 9.94. The third-order valence-electron chi connectivity index (χ3n) is 5.44. The van der Waals surface area contributed by atoms with Gasteiger partial charge in [-0.15, -0.1) is 0 Å². The molecule has 0 spiro atoms. The van der Waals surface area contributed by atoms with Crippen LogP contribution in [0.4, 0.5) is 40.8 Å². The second kappa shape index (κ2) is 9.22. The molecule has 1 aromatic heterocycles. The Morgan fingerprint density at radius 1 is 1.21 bits per heavy atom. The molecule has 0 bridgehead atoms. The molecule has 0 radical (unpaired) electrons. The maximum absolute atomic E-state index is 13.7. The average Bonchev–Trinajstić information content (AvgIpc) is 3.11. The topological polar surface area (TPSA) is 90.0 Å². The van der Waals surface area contributed by atoms with E-state index in [4.69, 9.17) is 5.73 Å². The molecule has 1 heterocycles. The number of alkyl halides is 7. The number of hydrogen-bond donors (Lipinski definition) is 2. The number of amides is 2. The van der Waals surface area contributed by atoms with Gasteiger partial charge in [-0.05, 0) is 37.0 Å². The number of aromatic nitrogens is 2. The minimum atomic E-state index is -5.41. The fraction of sp³-hybridized carbons (Fsp3) is 0.450. The Labute approximate surface area is 187 Å². The molecule has 14 heteroatoms. The van der Waals surface area contributed by atoms with Crippen LogP contribution in [0.3, 0.4) is 0 Å². The quantitative estimate of drug-likeness (QED) is 0.540. The van der Waals surface area contributed by atoms with Crippen molar-refractivity contribution < 1.29 is 44.7 Å². The lowest BCUT2D eigenvalue weighted by atomic mass is 9.87. The zero-order chi connectivity index (χ0) is 25.4. The fourth-order valence-corrected chi connectivity index (χ4v) is 3.78. The molecule has 2 amide bonds. The molecule has 0 unspecified atom stereocenters. The minimum absolute atomic E-state index is 0.112. The molecule has 34 heavy (non-hydrogen) atoms. The minimum Gasteiger partial charge on any atom is -0.366 e. The lowest BCUT2D eigenvalue weighted by molar-refractivity contribution is -0.139. The summed E-state index contributed by atoms with van der Waals surface area (Å²) in [6.45, 7) is -0.482. The molecule has 0 aliphatic heterocycles. The van der Waals surface area contributed by atoms with E-state index in [0.717, 1.165) is 18.2 Å². The number of nitrogens with one attached hydrogen (secondary N) is 1. The normalized spacial score (nSPS) is 16.6. The highest BCUT2D eigenvalue weighted by atomic mass is 19.4. The van der Waals surface area contributed by atoms with Crippen LogP contribution in [-0.2, 0) is 12.7 Å². The van der Waals surface area contributed by atoms with Crippen molar-refractivity contribution in [3.8, 4) is 0 Å². The Bertz CT molecular complexity index is 1090. The van der Waals surface area contributed by atoms with Crippen molar-refractivity contribution in [1.29, 1.82) is 0 Å². The second-order valence-electron chi connectivity index (χ2n) is 7.90. The lowest BCUT2D eigenvalue weighted by Crippen LogP contribution is -2.29. The molecular weight excluding hydrogens is 480 g/mol. The SMILES string of the molecule is NC(=O)c1cc(NC(=O)c2c(C(F)(F)F)c(C(F)F)nn2CC2CCC(F)(F)CC2)ccc1F. The highest BCUT2D eigenvalue weighted by Crippen LogP contribution is 2.41. The van der Waals surface area contributed by atoms with Crippen LogP contribution in [0.1, 0.15) is 64.2 Å². The second-order valence-corrected chi connectivity index (χ2v) is 7.90. The Balaban J connectivity index is 2.02. The summed E-state index contributed by atoms with van der Waals surface area (Å²) in [4.78, 5) is 24.1. The standard InChI is InChI=1S/C20H18F8N4O2/c21-12-2-1-10(7-11(12)17(29)33)30-18(34)15-13(20(26,27)28)14(16(22)23)31-32(15)8-9-3-5-19(24,25)6-4-9/h1-2,7,9,16H,3-6,8H2,(H2,29,33)(H,30,34). The Kier molecular flexibility index (Phi) is 6.90. The van der Waals surface area contributed by atoms with Crippen LogP contribution >= 0.6 is 0 Å². The Morgan fingerprint density at radius 2 is 1.82 bits per heavy atom. The van der Waals surface area contributed by atoms with Gasteiger partial charge in [0.1, 0.15) is 22.8 Å². The average molecular weight is 498 g/mol. The number of hydrogen-bond acceptors (Lipinski definition) is 3. The van der Waals surface area contributed by atoms with Gasteiger partial charge in [0.05, 0.1) is 5.56 Å². The number of halogens is 8. The van der Waals surface area contributed by atoms with Crippen LogP contribution in [0.2, 0.25) is 0 Å². The number of rotatable bonds is 6. The molecule has 6 nitrogen and oxygen atoms in total. The van der Waals surface area contributed by atoms with E-state index >= 15 is 0 Å². The van der Waals surface area contributed by atoms with Gasteiger partial charge in [-0.3, -0.25) is 14.3 Å². The van der Waals surface area contributed by atoms with Crippen LogP contribution in [-0.4, -0.2) is 27.5 Å². The van der Waals surface area contributed by atoms with E-state index in [0.29, 0.717) is 4.68 Å². The molecule has 2 aromatic rings. The van der Waals surface area contributed by atoms with E-state index in [1.54, 1.807) is 0 Å². The summed E-state index contributed by atoms with van der Waals surface area (Å²) < 4.78 is 109. The lowest BCUT2D eigenvalue weighted by Gasteiger charge is -2.28. The highest BCUT2D eigenvalue weighted by molar-refractivity contribution is 6.05. The molecule has 1 aliphatic rings. The van der Waals surface area contributed by atoms with Crippen LogP contribution in [0, 0.1) is 11.7 Å². The molecule has 0 atom stereocenters. The van der Waals surface area contributed by atoms with Gasteiger partial charge < -0.3 is 11.1 Å². The number of nitrogens with zero attached hydrogens (tertiary/aromatic N) is 2. The molecule has 3 rings (SSSR count). The Hall–Kier alpha value is -3.19. The smallest absolute Gasteiger partial charge is 0.366 e. The van der Waals surface area contributed by atoms with Crippen molar-refractivity contribution in [1.82, 2.24) is 9.78 Å². The van der Waals surface area contributed by atoms with Crippen molar-refractivity contribution in [2.45, 2.75) is 50.8 Å². The summed E-state index contributed by atoms with van der Waals surface area (Å²) in [7, 11) is 0. The predicted molar refractivity (Wildman–Crippen MR) is 102 cm³/mol. The largest absolute Gasteiger partial charge is 0.420 e. The predicted octanol–water partition coefficient (Wildman–Crippen LogP) is 5.16. The first-order chi connectivity index (χ1) is 15.7. The maximum atomic E-state index is 13.7. The van der Waals surface area contributed by atoms with Gasteiger partial charge in [0, 0.05) is 25.1 Å². The van der Waals surface area contributed by atoms with Gasteiger partial charge in [-0.25, -0.2) is 22.0 Å². The Morgan fingerprint density at radius 3 is 2.35 bits per heavy atom.